The number of carboxylic acids is 1. The van der Waals surface area contributed by atoms with Gasteiger partial charge in [-0.05, 0) is 25.0 Å². The van der Waals surface area contributed by atoms with Gasteiger partial charge in [0.15, 0.2) is 17.7 Å². The van der Waals surface area contributed by atoms with Crippen molar-refractivity contribution in [3.8, 4) is 5.75 Å². The van der Waals surface area contributed by atoms with Gasteiger partial charge in [-0.25, -0.2) is 9.18 Å². The quantitative estimate of drug-likeness (QED) is 0.833. The van der Waals surface area contributed by atoms with Crippen LogP contribution in [0.5, 0.6) is 5.75 Å². The molecular formula is C11H13FO3. The number of ether oxygens (including phenoxy) is 1. The van der Waals surface area contributed by atoms with E-state index in [-0.39, 0.29) is 5.75 Å². The molecule has 0 fully saturated rings. The first-order chi connectivity index (χ1) is 7.06. The molecule has 0 aliphatic carbocycles. The smallest absolute Gasteiger partial charge is 0.344 e. The Balaban J connectivity index is 2.88. The monoisotopic (exact) mass is 212 g/mol. The van der Waals surface area contributed by atoms with Crippen LogP contribution >= 0.6 is 0 Å². The molecule has 0 spiro atoms. The molecule has 0 aliphatic heterocycles. The maximum absolute atomic E-state index is 13.4. The van der Waals surface area contributed by atoms with E-state index in [0.29, 0.717) is 12.0 Å². The van der Waals surface area contributed by atoms with Crippen molar-refractivity contribution < 1.29 is 19.0 Å². The highest BCUT2D eigenvalue weighted by atomic mass is 19.1. The van der Waals surface area contributed by atoms with Crippen LogP contribution in [0.2, 0.25) is 0 Å². The van der Waals surface area contributed by atoms with Gasteiger partial charge in [0, 0.05) is 0 Å². The van der Waals surface area contributed by atoms with Gasteiger partial charge in [0.1, 0.15) is 0 Å². The fourth-order valence-corrected chi connectivity index (χ4v) is 1.17. The molecule has 3 nitrogen and oxygen atoms in total. The Labute approximate surface area is 87.5 Å². The van der Waals surface area contributed by atoms with Crippen LogP contribution in [0.4, 0.5) is 4.39 Å². The molecule has 1 aromatic rings. The minimum absolute atomic E-state index is 0.00995. The predicted octanol–water partition coefficient (Wildman–Crippen LogP) is 2.38. The number of aliphatic carboxylic acids is 1. The van der Waals surface area contributed by atoms with Gasteiger partial charge in [0.2, 0.25) is 0 Å². The lowest BCUT2D eigenvalue weighted by Gasteiger charge is -2.14. The number of carboxylic acid groups (broad SMARTS) is 1. The summed E-state index contributed by atoms with van der Waals surface area (Å²) in [7, 11) is 0. The number of hydrogen-bond donors (Lipinski definition) is 1. The first-order valence-electron chi connectivity index (χ1n) is 4.70. The zero-order valence-corrected chi connectivity index (χ0v) is 8.66. The van der Waals surface area contributed by atoms with E-state index in [1.54, 1.807) is 26.0 Å². The maximum atomic E-state index is 13.4. The lowest BCUT2D eigenvalue weighted by atomic mass is 10.2. The summed E-state index contributed by atoms with van der Waals surface area (Å²) < 4.78 is 18.5. The van der Waals surface area contributed by atoms with Gasteiger partial charge in [-0.1, -0.05) is 19.1 Å². The molecule has 4 heteroatoms. The summed E-state index contributed by atoms with van der Waals surface area (Å²) in [5.74, 6) is -1.60. The third-order valence-electron chi connectivity index (χ3n) is 2.07. The van der Waals surface area contributed by atoms with Crippen molar-refractivity contribution in [2.75, 3.05) is 0 Å². The summed E-state index contributed by atoms with van der Waals surface area (Å²) in [6, 6.07) is 4.65. The van der Waals surface area contributed by atoms with E-state index in [9.17, 15) is 9.18 Å². The summed E-state index contributed by atoms with van der Waals surface area (Å²) in [6.07, 6.45) is -0.704. The van der Waals surface area contributed by atoms with Crippen molar-refractivity contribution in [2.45, 2.75) is 26.4 Å². The number of aryl methyl sites for hydroxylation is 1. The summed E-state index contributed by atoms with van der Waals surface area (Å²) in [6.45, 7) is 3.27. The van der Waals surface area contributed by atoms with Crippen LogP contribution < -0.4 is 4.74 Å². The van der Waals surface area contributed by atoms with E-state index < -0.39 is 17.9 Å². The highest BCUT2D eigenvalue weighted by molar-refractivity contribution is 5.72. The maximum Gasteiger partial charge on any atom is 0.344 e. The van der Waals surface area contributed by atoms with Crippen LogP contribution in [0.25, 0.3) is 0 Å². The molecule has 0 saturated carbocycles. The molecule has 15 heavy (non-hydrogen) atoms. The summed E-state index contributed by atoms with van der Waals surface area (Å²) in [4.78, 5) is 10.7. The molecule has 0 amide bonds. The fourth-order valence-electron chi connectivity index (χ4n) is 1.17. The predicted molar refractivity (Wildman–Crippen MR) is 53.5 cm³/mol. The number of benzene rings is 1. The highest BCUT2D eigenvalue weighted by Gasteiger charge is 2.18. The van der Waals surface area contributed by atoms with Crippen molar-refractivity contribution in [3.63, 3.8) is 0 Å². The first-order valence-corrected chi connectivity index (χ1v) is 4.70. The van der Waals surface area contributed by atoms with Crippen molar-refractivity contribution in [1.82, 2.24) is 0 Å². The third-order valence-corrected chi connectivity index (χ3v) is 2.07. The standard InChI is InChI=1S/C11H13FO3/c1-3-8(11(13)14)15-9-6-4-5-7(2)10(9)12/h4-6,8H,3H2,1-2H3,(H,13,14). The summed E-state index contributed by atoms with van der Waals surface area (Å²) >= 11 is 0. The van der Waals surface area contributed by atoms with Crippen molar-refractivity contribution in [3.05, 3.63) is 29.6 Å². The summed E-state index contributed by atoms with van der Waals surface area (Å²) in [5.41, 5.74) is 0.438. The highest BCUT2D eigenvalue weighted by Crippen LogP contribution is 2.21. The van der Waals surface area contributed by atoms with Crippen molar-refractivity contribution >= 4 is 5.97 Å². The van der Waals surface area contributed by atoms with E-state index in [1.165, 1.54) is 6.07 Å². The molecular weight excluding hydrogens is 199 g/mol. The molecule has 0 bridgehead atoms. The van der Waals surface area contributed by atoms with Crippen LogP contribution in [0.1, 0.15) is 18.9 Å². The SMILES string of the molecule is CCC(Oc1cccc(C)c1F)C(=O)O. The minimum Gasteiger partial charge on any atom is -0.479 e. The zero-order chi connectivity index (χ0) is 11.4. The number of rotatable bonds is 4. The Morgan fingerprint density at radius 2 is 2.27 bits per heavy atom. The second-order valence-corrected chi connectivity index (χ2v) is 3.24. The molecule has 1 unspecified atom stereocenters. The van der Waals surface area contributed by atoms with Gasteiger partial charge < -0.3 is 9.84 Å². The molecule has 82 valence electrons. The molecule has 0 radical (unpaired) electrons. The Morgan fingerprint density at radius 3 is 2.80 bits per heavy atom. The average molecular weight is 212 g/mol. The van der Waals surface area contributed by atoms with E-state index in [4.69, 9.17) is 9.84 Å². The van der Waals surface area contributed by atoms with Gasteiger partial charge in [0.25, 0.3) is 0 Å². The Bertz CT molecular complexity index is 363. The van der Waals surface area contributed by atoms with Crippen LogP contribution in [-0.4, -0.2) is 17.2 Å². The van der Waals surface area contributed by atoms with Crippen molar-refractivity contribution in [1.29, 1.82) is 0 Å². The average Bonchev–Trinajstić information content (AvgIpc) is 2.19. The second kappa shape index (κ2) is 4.77. The fraction of sp³-hybridized carbons (Fsp3) is 0.364. The lowest BCUT2D eigenvalue weighted by molar-refractivity contribution is -0.145. The molecule has 0 aromatic heterocycles. The van der Waals surface area contributed by atoms with E-state index in [2.05, 4.69) is 0 Å². The number of carbonyl (C=O) groups is 1. The van der Waals surface area contributed by atoms with Crippen molar-refractivity contribution in [2.24, 2.45) is 0 Å². The lowest BCUT2D eigenvalue weighted by Crippen LogP contribution is -2.26. The normalized spacial score (nSPS) is 12.2. The Hall–Kier alpha value is -1.58. The summed E-state index contributed by atoms with van der Waals surface area (Å²) in [5, 5.41) is 8.75. The zero-order valence-electron chi connectivity index (χ0n) is 8.66. The molecule has 0 heterocycles. The molecule has 1 rings (SSSR count). The van der Waals surface area contributed by atoms with Crippen LogP contribution in [0, 0.1) is 12.7 Å². The van der Waals surface area contributed by atoms with Crippen LogP contribution in [0.15, 0.2) is 18.2 Å². The van der Waals surface area contributed by atoms with E-state index in [1.807, 2.05) is 0 Å². The largest absolute Gasteiger partial charge is 0.479 e. The van der Waals surface area contributed by atoms with Gasteiger partial charge in [0.05, 0.1) is 0 Å². The van der Waals surface area contributed by atoms with Gasteiger partial charge >= 0.3 is 5.97 Å². The minimum atomic E-state index is -1.08. The van der Waals surface area contributed by atoms with Gasteiger partial charge in [-0.2, -0.15) is 0 Å². The van der Waals surface area contributed by atoms with E-state index in [0.717, 1.165) is 0 Å². The molecule has 1 atom stereocenters. The number of halogens is 1. The molecule has 1 aromatic carbocycles. The second-order valence-electron chi connectivity index (χ2n) is 3.24. The Kier molecular flexibility index (Phi) is 3.66. The Morgan fingerprint density at radius 1 is 1.60 bits per heavy atom. The third kappa shape index (κ3) is 2.68. The molecule has 0 aliphatic rings. The van der Waals surface area contributed by atoms with E-state index >= 15 is 0 Å². The topological polar surface area (TPSA) is 46.5 Å². The van der Waals surface area contributed by atoms with Gasteiger partial charge in [-0.3, -0.25) is 0 Å². The van der Waals surface area contributed by atoms with Crippen LogP contribution in [-0.2, 0) is 4.79 Å². The van der Waals surface area contributed by atoms with Gasteiger partial charge in [-0.15, -0.1) is 0 Å². The number of hydrogen-bond acceptors (Lipinski definition) is 2. The molecule has 0 saturated heterocycles. The first kappa shape index (κ1) is 11.5. The molecule has 1 N–H and O–H groups in total. The van der Waals surface area contributed by atoms with Crippen LogP contribution in [0.3, 0.4) is 0 Å².